The van der Waals surface area contributed by atoms with Gasteiger partial charge in [-0.1, -0.05) is 13.8 Å². The van der Waals surface area contributed by atoms with E-state index in [0.717, 1.165) is 6.54 Å². The second-order valence-electron chi connectivity index (χ2n) is 4.25. The van der Waals surface area contributed by atoms with E-state index in [4.69, 9.17) is 5.11 Å². The lowest BCUT2D eigenvalue weighted by atomic mass is 10.2. The summed E-state index contributed by atoms with van der Waals surface area (Å²) in [6.45, 7) is 6.73. The van der Waals surface area contributed by atoms with Crippen LogP contribution in [0.4, 0.5) is 5.95 Å². The Labute approximate surface area is 95.1 Å². The number of rotatable bonds is 4. The Kier molecular flexibility index (Phi) is 3.82. The zero-order chi connectivity index (χ0) is 12.3. The number of carboxylic acid groups (broad SMARTS) is 1. The molecule has 0 aromatic carbocycles. The predicted octanol–water partition coefficient (Wildman–Crippen LogP) is 1.58. The molecule has 0 aliphatic heterocycles. The van der Waals surface area contributed by atoms with Crippen LogP contribution in [0.3, 0.4) is 0 Å². The van der Waals surface area contributed by atoms with Gasteiger partial charge in [0.15, 0.2) is 0 Å². The number of hydrogen-bond donors (Lipinski definition) is 1. The lowest BCUT2D eigenvalue weighted by molar-refractivity contribution is 0.0695. The monoisotopic (exact) mass is 223 g/mol. The van der Waals surface area contributed by atoms with Crippen molar-refractivity contribution in [1.82, 2.24) is 9.97 Å². The van der Waals surface area contributed by atoms with Crippen LogP contribution in [0.1, 0.15) is 29.9 Å². The molecule has 0 spiro atoms. The van der Waals surface area contributed by atoms with Crippen LogP contribution < -0.4 is 4.90 Å². The molecule has 0 atom stereocenters. The number of carboxylic acids is 1. The maximum Gasteiger partial charge on any atom is 0.339 e. The van der Waals surface area contributed by atoms with Crippen LogP contribution in [0.25, 0.3) is 0 Å². The average molecular weight is 223 g/mol. The molecule has 16 heavy (non-hydrogen) atoms. The quantitative estimate of drug-likeness (QED) is 0.839. The van der Waals surface area contributed by atoms with Gasteiger partial charge >= 0.3 is 5.97 Å². The molecule has 5 nitrogen and oxygen atoms in total. The highest BCUT2D eigenvalue weighted by atomic mass is 16.4. The van der Waals surface area contributed by atoms with Gasteiger partial charge in [0.2, 0.25) is 5.95 Å². The second kappa shape index (κ2) is 4.92. The minimum absolute atomic E-state index is 0.154. The molecule has 0 fully saturated rings. The first kappa shape index (κ1) is 12.4. The zero-order valence-electron chi connectivity index (χ0n) is 10.1. The van der Waals surface area contributed by atoms with Gasteiger partial charge in [0.1, 0.15) is 0 Å². The van der Waals surface area contributed by atoms with Crippen molar-refractivity contribution < 1.29 is 9.90 Å². The van der Waals surface area contributed by atoms with E-state index in [0.29, 0.717) is 17.6 Å². The van der Waals surface area contributed by atoms with E-state index in [1.165, 1.54) is 6.20 Å². The van der Waals surface area contributed by atoms with Crippen LogP contribution in [0.5, 0.6) is 0 Å². The van der Waals surface area contributed by atoms with Gasteiger partial charge in [-0.3, -0.25) is 0 Å². The molecule has 0 radical (unpaired) electrons. The van der Waals surface area contributed by atoms with Gasteiger partial charge in [-0.2, -0.15) is 0 Å². The minimum atomic E-state index is -0.990. The molecule has 1 aromatic heterocycles. The molecule has 5 heteroatoms. The maximum atomic E-state index is 10.8. The third-order valence-corrected chi connectivity index (χ3v) is 2.18. The fourth-order valence-electron chi connectivity index (χ4n) is 1.48. The average Bonchev–Trinajstić information content (AvgIpc) is 2.15. The minimum Gasteiger partial charge on any atom is -0.478 e. The predicted molar refractivity (Wildman–Crippen MR) is 61.8 cm³/mol. The van der Waals surface area contributed by atoms with Crippen LogP contribution in [0.15, 0.2) is 6.20 Å². The number of aromatic nitrogens is 2. The van der Waals surface area contributed by atoms with Crippen LogP contribution >= 0.6 is 0 Å². The summed E-state index contributed by atoms with van der Waals surface area (Å²) >= 11 is 0. The molecular formula is C11H17N3O2. The van der Waals surface area contributed by atoms with Crippen LogP contribution in [0, 0.1) is 12.8 Å². The summed E-state index contributed by atoms with van der Waals surface area (Å²) in [5, 5.41) is 8.85. The van der Waals surface area contributed by atoms with Crippen molar-refractivity contribution in [2.24, 2.45) is 5.92 Å². The SMILES string of the molecule is Cc1nc(N(C)CC(C)C)ncc1C(=O)O. The molecule has 0 unspecified atom stereocenters. The van der Waals surface area contributed by atoms with Crippen molar-refractivity contribution in [2.45, 2.75) is 20.8 Å². The van der Waals surface area contributed by atoms with Gasteiger partial charge in [-0.05, 0) is 12.8 Å². The number of aromatic carboxylic acids is 1. The molecule has 1 heterocycles. The summed E-state index contributed by atoms with van der Waals surface area (Å²) in [4.78, 5) is 20.9. The summed E-state index contributed by atoms with van der Waals surface area (Å²) in [6, 6.07) is 0. The molecule has 0 amide bonds. The zero-order valence-corrected chi connectivity index (χ0v) is 10.1. The second-order valence-corrected chi connectivity index (χ2v) is 4.25. The Morgan fingerprint density at radius 2 is 2.19 bits per heavy atom. The molecule has 0 bridgehead atoms. The van der Waals surface area contributed by atoms with Crippen molar-refractivity contribution in [3.8, 4) is 0 Å². The van der Waals surface area contributed by atoms with Crippen molar-refractivity contribution in [1.29, 1.82) is 0 Å². The van der Waals surface area contributed by atoms with E-state index in [1.54, 1.807) is 6.92 Å². The highest BCUT2D eigenvalue weighted by Gasteiger charge is 2.12. The fourth-order valence-corrected chi connectivity index (χ4v) is 1.48. The summed E-state index contributed by atoms with van der Waals surface area (Å²) in [5.41, 5.74) is 0.648. The number of carbonyl (C=O) groups is 1. The Bertz CT molecular complexity index is 391. The highest BCUT2D eigenvalue weighted by molar-refractivity contribution is 5.88. The van der Waals surface area contributed by atoms with Gasteiger partial charge in [-0.25, -0.2) is 14.8 Å². The maximum absolute atomic E-state index is 10.8. The summed E-state index contributed by atoms with van der Waals surface area (Å²) in [5.74, 6) is 0.0832. The molecule has 0 aliphatic rings. The number of anilines is 1. The summed E-state index contributed by atoms with van der Waals surface area (Å²) < 4.78 is 0. The van der Waals surface area contributed by atoms with Crippen molar-refractivity contribution >= 4 is 11.9 Å². The van der Waals surface area contributed by atoms with Gasteiger partial charge in [0.05, 0.1) is 11.3 Å². The van der Waals surface area contributed by atoms with Crippen LogP contribution in [-0.4, -0.2) is 34.6 Å². The van der Waals surface area contributed by atoms with Gasteiger partial charge in [0, 0.05) is 19.8 Å². The van der Waals surface area contributed by atoms with Crippen LogP contribution in [0.2, 0.25) is 0 Å². The van der Waals surface area contributed by atoms with E-state index in [1.807, 2.05) is 11.9 Å². The molecule has 1 aromatic rings. The number of hydrogen-bond acceptors (Lipinski definition) is 4. The van der Waals surface area contributed by atoms with Crippen molar-refractivity contribution in [3.05, 3.63) is 17.5 Å². The highest BCUT2D eigenvalue weighted by Crippen LogP contribution is 2.11. The van der Waals surface area contributed by atoms with E-state index >= 15 is 0 Å². The van der Waals surface area contributed by atoms with E-state index < -0.39 is 5.97 Å². The fraction of sp³-hybridized carbons (Fsp3) is 0.545. The van der Waals surface area contributed by atoms with Crippen molar-refractivity contribution in [3.63, 3.8) is 0 Å². The topological polar surface area (TPSA) is 66.3 Å². The molecule has 1 rings (SSSR count). The van der Waals surface area contributed by atoms with Gasteiger partial charge < -0.3 is 10.0 Å². The Morgan fingerprint density at radius 3 is 2.62 bits per heavy atom. The third-order valence-electron chi connectivity index (χ3n) is 2.18. The molecule has 0 saturated heterocycles. The van der Waals surface area contributed by atoms with Gasteiger partial charge in [0.25, 0.3) is 0 Å². The Balaban J connectivity index is 2.92. The number of nitrogens with zero attached hydrogens (tertiary/aromatic N) is 3. The first-order valence-corrected chi connectivity index (χ1v) is 5.20. The first-order valence-electron chi connectivity index (χ1n) is 5.20. The summed E-state index contributed by atoms with van der Waals surface area (Å²) in [7, 11) is 1.90. The smallest absolute Gasteiger partial charge is 0.339 e. The lowest BCUT2D eigenvalue weighted by Gasteiger charge is -2.19. The molecule has 1 N–H and O–H groups in total. The standard InChI is InChI=1S/C11H17N3O2/c1-7(2)6-14(4)11-12-5-9(10(15)16)8(3)13-11/h5,7H,6H2,1-4H3,(H,15,16). The molecular weight excluding hydrogens is 206 g/mol. The molecule has 88 valence electrons. The Morgan fingerprint density at radius 1 is 1.56 bits per heavy atom. The lowest BCUT2D eigenvalue weighted by Crippen LogP contribution is -2.25. The molecule has 0 saturated carbocycles. The van der Waals surface area contributed by atoms with E-state index in [2.05, 4.69) is 23.8 Å². The molecule has 0 aliphatic carbocycles. The normalized spacial score (nSPS) is 10.6. The van der Waals surface area contributed by atoms with Crippen molar-refractivity contribution in [2.75, 3.05) is 18.5 Å². The number of aryl methyl sites for hydroxylation is 1. The third kappa shape index (κ3) is 2.92. The van der Waals surface area contributed by atoms with Gasteiger partial charge in [-0.15, -0.1) is 0 Å². The summed E-state index contributed by atoms with van der Waals surface area (Å²) in [6.07, 6.45) is 1.36. The first-order chi connectivity index (χ1) is 7.41. The largest absolute Gasteiger partial charge is 0.478 e. The van der Waals surface area contributed by atoms with Crippen LogP contribution in [-0.2, 0) is 0 Å². The Hall–Kier alpha value is -1.65. The van der Waals surface area contributed by atoms with E-state index in [-0.39, 0.29) is 5.56 Å². The van der Waals surface area contributed by atoms with E-state index in [9.17, 15) is 4.79 Å².